The molecule has 1 amide bonds. The van der Waals surface area contributed by atoms with Gasteiger partial charge in [-0.1, -0.05) is 32.8 Å². The number of hydrogen-bond acceptors (Lipinski definition) is 3. The van der Waals surface area contributed by atoms with Crippen LogP contribution in [0.15, 0.2) is 23.1 Å². The van der Waals surface area contributed by atoms with Gasteiger partial charge in [-0.3, -0.25) is 4.79 Å². The summed E-state index contributed by atoms with van der Waals surface area (Å²) < 4.78 is 22.9. The van der Waals surface area contributed by atoms with Crippen LogP contribution in [-0.2, 0) is 9.05 Å². The lowest BCUT2D eigenvalue weighted by Crippen LogP contribution is -2.24. The van der Waals surface area contributed by atoms with Crippen molar-refractivity contribution in [2.75, 3.05) is 6.54 Å². The molecule has 118 valence electrons. The van der Waals surface area contributed by atoms with E-state index in [1.807, 2.05) is 0 Å². The van der Waals surface area contributed by atoms with Crippen LogP contribution in [0.25, 0.3) is 0 Å². The second-order valence-electron chi connectivity index (χ2n) is 5.56. The molecule has 21 heavy (non-hydrogen) atoms. The van der Waals surface area contributed by atoms with Crippen molar-refractivity contribution in [2.45, 2.75) is 44.9 Å². The van der Waals surface area contributed by atoms with Crippen molar-refractivity contribution in [3.05, 3.63) is 29.3 Å². The zero-order valence-corrected chi connectivity index (χ0v) is 14.2. The molecule has 0 saturated heterocycles. The number of carbonyl (C=O) groups excluding carboxylic acids is 1. The van der Waals surface area contributed by atoms with Crippen LogP contribution in [0, 0.1) is 12.8 Å². The molecule has 0 aliphatic heterocycles. The summed E-state index contributed by atoms with van der Waals surface area (Å²) in [5.41, 5.74) is 0.835. The van der Waals surface area contributed by atoms with Gasteiger partial charge in [0, 0.05) is 22.8 Å². The summed E-state index contributed by atoms with van der Waals surface area (Å²) in [4.78, 5) is 12.0. The van der Waals surface area contributed by atoms with E-state index in [4.69, 9.17) is 10.7 Å². The molecule has 0 fully saturated rings. The van der Waals surface area contributed by atoms with Gasteiger partial charge in [0.25, 0.3) is 15.0 Å². The number of carbonyl (C=O) groups is 1. The minimum atomic E-state index is -3.84. The quantitative estimate of drug-likeness (QED) is 0.614. The van der Waals surface area contributed by atoms with Gasteiger partial charge in [0.05, 0.1) is 4.90 Å². The van der Waals surface area contributed by atoms with Crippen molar-refractivity contribution in [3.63, 3.8) is 0 Å². The van der Waals surface area contributed by atoms with Crippen LogP contribution in [0.4, 0.5) is 0 Å². The van der Waals surface area contributed by atoms with Gasteiger partial charge in [-0.05, 0) is 37.0 Å². The van der Waals surface area contributed by atoms with Crippen LogP contribution >= 0.6 is 10.7 Å². The maximum absolute atomic E-state index is 12.0. The minimum Gasteiger partial charge on any atom is -0.352 e. The predicted octanol–water partition coefficient (Wildman–Crippen LogP) is 3.48. The van der Waals surface area contributed by atoms with Gasteiger partial charge in [0.1, 0.15) is 0 Å². The third kappa shape index (κ3) is 6.06. The van der Waals surface area contributed by atoms with E-state index in [-0.39, 0.29) is 10.8 Å². The highest BCUT2D eigenvalue weighted by Gasteiger charge is 2.16. The SMILES string of the molecule is Cc1ccc(C(=O)NCCCCC(C)C)cc1S(=O)(=O)Cl. The van der Waals surface area contributed by atoms with E-state index in [9.17, 15) is 13.2 Å². The fraction of sp³-hybridized carbons (Fsp3) is 0.533. The van der Waals surface area contributed by atoms with E-state index in [0.717, 1.165) is 19.3 Å². The van der Waals surface area contributed by atoms with Gasteiger partial charge < -0.3 is 5.32 Å². The number of unbranched alkanes of at least 4 members (excludes halogenated alkanes) is 1. The molecular formula is C15H22ClNO3S. The normalized spacial score (nSPS) is 11.7. The summed E-state index contributed by atoms with van der Waals surface area (Å²) in [7, 11) is 1.52. The van der Waals surface area contributed by atoms with E-state index in [1.54, 1.807) is 19.1 Å². The number of rotatable bonds is 7. The predicted molar refractivity (Wildman–Crippen MR) is 85.2 cm³/mol. The second-order valence-corrected chi connectivity index (χ2v) is 8.10. The smallest absolute Gasteiger partial charge is 0.261 e. The summed E-state index contributed by atoms with van der Waals surface area (Å²) >= 11 is 0. The summed E-state index contributed by atoms with van der Waals surface area (Å²) in [6, 6.07) is 4.51. The van der Waals surface area contributed by atoms with E-state index >= 15 is 0 Å². The second kappa shape index (κ2) is 7.80. The van der Waals surface area contributed by atoms with Gasteiger partial charge in [0.15, 0.2) is 0 Å². The van der Waals surface area contributed by atoms with Crippen LogP contribution in [0.2, 0.25) is 0 Å². The topological polar surface area (TPSA) is 63.2 Å². The van der Waals surface area contributed by atoms with E-state index < -0.39 is 9.05 Å². The van der Waals surface area contributed by atoms with Gasteiger partial charge >= 0.3 is 0 Å². The molecule has 0 aromatic heterocycles. The number of benzene rings is 1. The number of hydrogen-bond donors (Lipinski definition) is 1. The summed E-state index contributed by atoms with van der Waals surface area (Å²) in [5, 5.41) is 2.79. The van der Waals surface area contributed by atoms with Crippen molar-refractivity contribution >= 4 is 25.6 Å². The van der Waals surface area contributed by atoms with Crippen LogP contribution in [0.3, 0.4) is 0 Å². The molecule has 1 rings (SSSR count). The molecule has 0 heterocycles. The van der Waals surface area contributed by atoms with Gasteiger partial charge in [-0.2, -0.15) is 0 Å². The van der Waals surface area contributed by atoms with Crippen LogP contribution in [0.5, 0.6) is 0 Å². The molecule has 1 aromatic rings. The van der Waals surface area contributed by atoms with Gasteiger partial charge in [0.2, 0.25) is 0 Å². The first-order chi connectivity index (χ1) is 9.71. The lowest BCUT2D eigenvalue weighted by atomic mass is 10.1. The third-order valence-electron chi connectivity index (χ3n) is 3.21. The number of amides is 1. The first-order valence-corrected chi connectivity index (χ1v) is 9.36. The molecule has 0 aliphatic carbocycles. The number of nitrogens with one attached hydrogen (secondary N) is 1. The maximum Gasteiger partial charge on any atom is 0.261 e. The Hall–Kier alpha value is -1.07. The van der Waals surface area contributed by atoms with E-state index in [1.165, 1.54) is 6.07 Å². The Balaban J connectivity index is 2.63. The average molecular weight is 332 g/mol. The summed E-state index contributed by atoms with van der Waals surface area (Å²) in [5.74, 6) is 0.385. The molecule has 0 aliphatic rings. The van der Waals surface area contributed by atoms with Crippen molar-refractivity contribution < 1.29 is 13.2 Å². The fourth-order valence-electron chi connectivity index (χ4n) is 1.99. The summed E-state index contributed by atoms with van der Waals surface area (Å²) in [6.45, 7) is 6.56. The molecule has 0 bridgehead atoms. The standard InChI is InChI=1S/C15H22ClNO3S/c1-11(2)6-4-5-9-17-15(18)13-8-7-12(3)14(10-13)21(16,19)20/h7-8,10-11H,4-6,9H2,1-3H3,(H,17,18). The lowest BCUT2D eigenvalue weighted by Gasteiger charge is -2.08. The van der Waals surface area contributed by atoms with Crippen LogP contribution < -0.4 is 5.32 Å². The first-order valence-electron chi connectivity index (χ1n) is 7.05. The Labute approximate surface area is 131 Å². The Morgan fingerprint density at radius 3 is 2.52 bits per heavy atom. The highest BCUT2D eigenvalue weighted by molar-refractivity contribution is 8.13. The lowest BCUT2D eigenvalue weighted by molar-refractivity contribution is 0.0952. The summed E-state index contributed by atoms with van der Waals surface area (Å²) in [6.07, 6.45) is 3.11. The highest BCUT2D eigenvalue weighted by atomic mass is 35.7. The van der Waals surface area contributed by atoms with E-state index in [0.29, 0.717) is 23.6 Å². The van der Waals surface area contributed by atoms with Crippen molar-refractivity contribution in [1.82, 2.24) is 5.32 Å². The first kappa shape index (κ1) is 18.0. The molecular weight excluding hydrogens is 310 g/mol. The van der Waals surface area contributed by atoms with Crippen molar-refractivity contribution in [3.8, 4) is 0 Å². The Morgan fingerprint density at radius 1 is 1.29 bits per heavy atom. The molecule has 0 saturated carbocycles. The molecule has 0 unspecified atom stereocenters. The zero-order chi connectivity index (χ0) is 16.0. The van der Waals surface area contributed by atoms with E-state index in [2.05, 4.69) is 19.2 Å². The monoisotopic (exact) mass is 331 g/mol. The molecule has 4 nitrogen and oxygen atoms in total. The Bertz CT molecular complexity index is 597. The molecule has 0 spiro atoms. The van der Waals surface area contributed by atoms with Crippen molar-refractivity contribution in [1.29, 1.82) is 0 Å². The zero-order valence-electron chi connectivity index (χ0n) is 12.6. The molecule has 1 aromatic carbocycles. The maximum atomic E-state index is 12.0. The molecule has 0 atom stereocenters. The number of halogens is 1. The average Bonchev–Trinajstić information content (AvgIpc) is 2.36. The molecule has 1 N–H and O–H groups in total. The van der Waals surface area contributed by atoms with Crippen LogP contribution in [0.1, 0.15) is 49.0 Å². The van der Waals surface area contributed by atoms with Crippen LogP contribution in [-0.4, -0.2) is 20.9 Å². The largest absolute Gasteiger partial charge is 0.352 e. The highest BCUT2D eigenvalue weighted by Crippen LogP contribution is 2.21. The van der Waals surface area contributed by atoms with Gasteiger partial charge in [-0.15, -0.1) is 0 Å². The molecule has 6 heteroatoms. The fourth-order valence-corrected chi connectivity index (χ4v) is 3.20. The third-order valence-corrected chi connectivity index (χ3v) is 4.67. The Kier molecular flexibility index (Phi) is 6.68. The van der Waals surface area contributed by atoms with Crippen molar-refractivity contribution in [2.24, 2.45) is 5.92 Å². The minimum absolute atomic E-state index is 0.0170. The Morgan fingerprint density at radius 2 is 1.95 bits per heavy atom. The number of aryl methyl sites for hydroxylation is 1. The van der Waals surface area contributed by atoms with Gasteiger partial charge in [-0.25, -0.2) is 8.42 Å². The molecule has 0 radical (unpaired) electrons.